The van der Waals surface area contributed by atoms with Gasteiger partial charge in [0, 0.05) is 24.7 Å². The van der Waals surface area contributed by atoms with E-state index in [4.69, 9.17) is 16.3 Å². The van der Waals surface area contributed by atoms with Crippen molar-refractivity contribution in [2.75, 3.05) is 19.7 Å². The van der Waals surface area contributed by atoms with Crippen molar-refractivity contribution in [2.24, 2.45) is 22.2 Å². The number of hydrogen-bond donors (Lipinski definition) is 1. The Kier molecular flexibility index (Phi) is 8.98. The van der Waals surface area contributed by atoms with Gasteiger partial charge in [-0.05, 0) is 54.2 Å². The Morgan fingerprint density at radius 2 is 1.98 bits per heavy atom. The zero-order valence-corrected chi connectivity index (χ0v) is 24.6. The summed E-state index contributed by atoms with van der Waals surface area (Å²) in [6.07, 6.45) is -0.0433. The van der Waals surface area contributed by atoms with E-state index in [9.17, 15) is 27.5 Å². The number of halogens is 5. The fraction of sp³-hybridized carbons (Fsp3) is 0.643. The molecule has 1 aliphatic heterocycles. The van der Waals surface area contributed by atoms with Crippen LogP contribution < -0.4 is 9.47 Å². The lowest BCUT2D eigenvalue weighted by Crippen LogP contribution is -2.65. The molecule has 2 aromatic rings. The number of benzene rings is 1. The molecular weight excluding hydrogens is 572 g/mol. The highest BCUT2D eigenvalue weighted by molar-refractivity contribution is 7.15. The van der Waals surface area contributed by atoms with Gasteiger partial charge in [0.2, 0.25) is 5.88 Å². The lowest BCUT2D eigenvalue weighted by atomic mass is 9.42. The van der Waals surface area contributed by atoms with Crippen LogP contribution in [0.15, 0.2) is 18.2 Å². The standard InChI is InChI=1S/C28H35ClF4N2O4S/c1-5-8-27(24(36)37)13-28(12-26(3,4)16(28)2)15-35(14-27)10-20-22(38-11-21(30)31)34-23(40-20)18-9-17(29)6-7-19(18)39-25(32)33/h6-7,9,16,21,25H,5,8,10-15H2,1-4H3,(H,36,37)/t16?,27-,28?/m1/s1. The number of ether oxygens (including phenoxy) is 2. The third kappa shape index (κ3) is 6.21. The molecule has 222 valence electrons. The Labute approximate surface area is 240 Å². The first-order valence-corrected chi connectivity index (χ1v) is 14.5. The van der Waals surface area contributed by atoms with Crippen molar-refractivity contribution in [3.63, 3.8) is 0 Å². The fourth-order valence-corrected chi connectivity index (χ4v) is 8.16. The van der Waals surface area contributed by atoms with E-state index in [1.807, 2.05) is 6.92 Å². The minimum Gasteiger partial charge on any atom is -0.481 e. The molecule has 4 rings (SSSR count). The predicted molar refractivity (Wildman–Crippen MR) is 146 cm³/mol. The Morgan fingerprint density at radius 1 is 1.25 bits per heavy atom. The predicted octanol–water partition coefficient (Wildman–Crippen LogP) is 7.84. The number of piperidine rings is 1. The van der Waals surface area contributed by atoms with Crippen LogP contribution in [0.4, 0.5) is 17.6 Å². The molecule has 0 bridgehead atoms. The van der Waals surface area contributed by atoms with E-state index in [1.165, 1.54) is 18.2 Å². The molecule has 0 amide bonds. The van der Waals surface area contributed by atoms with E-state index in [0.29, 0.717) is 37.2 Å². The summed E-state index contributed by atoms with van der Waals surface area (Å²) in [6.45, 7) is 5.72. The summed E-state index contributed by atoms with van der Waals surface area (Å²) >= 11 is 7.23. The molecule has 1 N–H and O–H groups in total. The quantitative estimate of drug-likeness (QED) is 0.263. The number of hydrogen-bond acceptors (Lipinski definition) is 6. The van der Waals surface area contributed by atoms with Crippen LogP contribution in [0.25, 0.3) is 10.6 Å². The summed E-state index contributed by atoms with van der Waals surface area (Å²) in [6, 6.07) is 4.12. The van der Waals surface area contributed by atoms with E-state index < -0.39 is 31.0 Å². The SMILES string of the molecule is CCC[C@]1(C(=O)O)CN(Cc2sc(-c3cc(Cl)ccc3OC(F)F)nc2OCC(F)F)CC2(CC(C)(C)C2C)C1. The average Bonchev–Trinajstić information content (AvgIpc) is 3.25. The second kappa shape index (κ2) is 11.6. The van der Waals surface area contributed by atoms with Crippen LogP contribution in [0.2, 0.25) is 5.02 Å². The summed E-state index contributed by atoms with van der Waals surface area (Å²) in [5.74, 6) is -0.746. The lowest BCUT2D eigenvalue weighted by Gasteiger charge is -2.65. The van der Waals surface area contributed by atoms with Crippen LogP contribution in [0.3, 0.4) is 0 Å². The molecule has 2 aliphatic rings. The molecule has 1 aliphatic carbocycles. The fourth-order valence-electron chi connectivity index (χ4n) is 6.92. The maximum Gasteiger partial charge on any atom is 0.387 e. The Hall–Kier alpha value is -2.11. The van der Waals surface area contributed by atoms with Crippen molar-refractivity contribution in [1.29, 1.82) is 0 Å². The number of aromatic nitrogens is 1. The number of thiazole rings is 1. The van der Waals surface area contributed by atoms with Crippen molar-refractivity contribution in [2.45, 2.75) is 73.0 Å². The Bertz CT molecular complexity index is 1230. The molecule has 2 heterocycles. The number of likely N-dealkylation sites (tertiary alicyclic amines) is 1. The van der Waals surface area contributed by atoms with Crippen LogP contribution in [-0.4, -0.2) is 53.7 Å². The number of nitrogens with zero attached hydrogens (tertiary/aromatic N) is 2. The van der Waals surface area contributed by atoms with Gasteiger partial charge in [0.15, 0.2) is 6.61 Å². The van der Waals surface area contributed by atoms with Crippen molar-refractivity contribution < 1.29 is 36.9 Å². The Morgan fingerprint density at radius 3 is 2.55 bits per heavy atom. The summed E-state index contributed by atoms with van der Waals surface area (Å²) in [5.41, 5.74) is -0.879. The van der Waals surface area contributed by atoms with Crippen molar-refractivity contribution >= 4 is 28.9 Å². The van der Waals surface area contributed by atoms with Gasteiger partial charge in [-0.3, -0.25) is 9.69 Å². The molecule has 6 nitrogen and oxygen atoms in total. The summed E-state index contributed by atoms with van der Waals surface area (Å²) in [5, 5.41) is 10.9. The van der Waals surface area contributed by atoms with E-state index >= 15 is 0 Å². The normalized spacial score (nSPS) is 26.3. The van der Waals surface area contributed by atoms with Gasteiger partial charge in [0.1, 0.15) is 10.8 Å². The van der Waals surface area contributed by atoms with Crippen LogP contribution in [0, 0.1) is 22.2 Å². The van der Waals surface area contributed by atoms with Crippen molar-refractivity contribution in [1.82, 2.24) is 9.88 Å². The van der Waals surface area contributed by atoms with Gasteiger partial charge >= 0.3 is 12.6 Å². The van der Waals surface area contributed by atoms with E-state index in [1.54, 1.807) is 0 Å². The molecule has 1 saturated carbocycles. The number of carboxylic acid groups (broad SMARTS) is 1. The van der Waals surface area contributed by atoms with Gasteiger partial charge in [-0.25, -0.2) is 13.8 Å². The minimum atomic E-state index is -3.09. The highest BCUT2D eigenvalue weighted by Gasteiger charge is 2.62. The third-order valence-corrected chi connectivity index (χ3v) is 9.89. The van der Waals surface area contributed by atoms with Crippen LogP contribution in [0.5, 0.6) is 11.6 Å². The topological polar surface area (TPSA) is 71.9 Å². The zero-order valence-electron chi connectivity index (χ0n) is 23.0. The number of rotatable bonds is 11. The lowest BCUT2D eigenvalue weighted by molar-refractivity contribution is -0.189. The first-order valence-electron chi connectivity index (χ1n) is 13.3. The molecule has 1 aromatic carbocycles. The molecule has 3 atom stereocenters. The molecule has 1 spiro atoms. The van der Waals surface area contributed by atoms with Crippen molar-refractivity contribution in [3.8, 4) is 22.2 Å². The van der Waals surface area contributed by atoms with Gasteiger partial charge in [0.05, 0.1) is 15.9 Å². The van der Waals surface area contributed by atoms with E-state index in [0.717, 1.165) is 17.8 Å². The van der Waals surface area contributed by atoms with Gasteiger partial charge in [0.25, 0.3) is 6.43 Å². The second-order valence-electron chi connectivity index (χ2n) is 11.9. The minimum absolute atomic E-state index is 0.0405. The number of carboxylic acids is 1. The van der Waals surface area contributed by atoms with Gasteiger partial charge in [-0.2, -0.15) is 8.78 Å². The smallest absolute Gasteiger partial charge is 0.387 e. The van der Waals surface area contributed by atoms with Crippen molar-refractivity contribution in [3.05, 3.63) is 28.1 Å². The van der Waals surface area contributed by atoms with E-state index in [-0.39, 0.29) is 50.5 Å². The summed E-state index contributed by atoms with van der Waals surface area (Å²) in [7, 11) is 0. The number of carbonyl (C=O) groups is 1. The van der Waals surface area contributed by atoms with Gasteiger partial charge < -0.3 is 14.6 Å². The highest BCUT2D eigenvalue weighted by atomic mass is 35.5. The molecule has 2 unspecified atom stereocenters. The van der Waals surface area contributed by atoms with Crippen LogP contribution in [-0.2, 0) is 11.3 Å². The summed E-state index contributed by atoms with van der Waals surface area (Å²) in [4.78, 5) is 19.7. The largest absolute Gasteiger partial charge is 0.481 e. The van der Waals surface area contributed by atoms with Crippen LogP contribution >= 0.6 is 22.9 Å². The first kappa shape index (κ1) is 30.8. The maximum atomic E-state index is 13.1. The average molecular weight is 607 g/mol. The maximum absolute atomic E-state index is 13.1. The molecular formula is C28H35ClF4N2O4S. The third-order valence-electron chi connectivity index (χ3n) is 8.60. The number of alkyl halides is 4. The van der Waals surface area contributed by atoms with Crippen LogP contribution in [0.1, 0.15) is 58.3 Å². The van der Waals surface area contributed by atoms with E-state index in [2.05, 4.69) is 35.4 Å². The molecule has 1 saturated heterocycles. The first-order chi connectivity index (χ1) is 18.7. The molecule has 12 heteroatoms. The van der Waals surface area contributed by atoms with Gasteiger partial charge in [-0.1, -0.05) is 45.7 Å². The molecule has 40 heavy (non-hydrogen) atoms. The highest BCUT2D eigenvalue weighted by Crippen LogP contribution is 2.65. The second-order valence-corrected chi connectivity index (χ2v) is 13.4. The zero-order chi connectivity index (χ0) is 29.5. The monoisotopic (exact) mass is 606 g/mol. The summed E-state index contributed by atoms with van der Waals surface area (Å²) < 4.78 is 62.4. The molecule has 1 aromatic heterocycles. The molecule has 2 fully saturated rings. The molecule has 0 radical (unpaired) electrons. The Balaban J connectivity index is 1.72. The number of aliphatic carboxylic acids is 1. The van der Waals surface area contributed by atoms with Gasteiger partial charge in [-0.15, -0.1) is 11.3 Å².